The number of esters is 1. The lowest BCUT2D eigenvalue weighted by molar-refractivity contribution is -0.112. The van der Waals surface area contributed by atoms with Crippen LogP contribution in [0.3, 0.4) is 0 Å². The number of hydrogen-bond donors (Lipinski definition) is 1. The number of aromatic nitrogens is 1. The molecule has 0 atom stereocenters. The van der Waals surface area contributed by atoms with Gasteiger partial charge in [0.1, 0.15) is 23.2 Å². The quantitative estimate of drug-likeness (QED) is 0.236. The van der Waals surface area contributed by atoms with Crippen molar-refractivity contribution in [1.82, 2.24) is 5.16 Å². The van der Waals surface area contributed by atoms with Crippen LogP contribution in [-0.2, 0) is 4.79 Å². The van der Waals surface area contributed by atoms with Crippen LogP contribution in [0, 0.1) is 18.3 Å². The lowest BCUT2D eigenvalue weighted by Crippen LogP contribution is -2.13. The molecule has 9 nitrogen and oxygen atoms in total. The molecule has 0 unspecified atom stereocenters. The summed E-state index contributed by atoms with van der Waals surface area (Å²) in [4.78, 5) is 25.0. The number of nitriles is 1. The first-order chi connectivity index (χ1) is 15.9. The maximum Gasteiger partial charge on any atom is 0.343 e. The van der Waals surface area contributed by atoms with Gasteiger partial charge in [-0.05, 0) is 55.8 Å². The normalized spacial score (nSPS) is 10.8. The van der Waals surface area contributed by atoms with Crippen molar-refractivity contribution in [3.05, 3.63) is 71.0 Å². The van der Waals surface area contributed by atoms with Crippen LogP contribution in [0.4, 0.5) is 5.82 Å². The molecule has 1 heterocycles. The molecule has 0 aliphatic carbocycles. The number of aryl methyl sites for hydroxylation is 1. The lowest BCUT2D eigenvalue weighted by Gasteiger charge is -2.12. The molecule has 0 fully saturated rings. The Bertz CT molecular complexity index is 1240. The van der Waals surface area contributed by atoms with Gasteiger partial charge in [-0.1, -0.05) is 17.3 Å². The Hall–Kier alpha value is -4.58. The molecule has 0 radical (unpaired) electrons. The number of hydrogen-bond acceptors (Lipinski definition) is 8. The summed E-state index contributed by atoms with van der Waals surface area (Å²) in [6.07, 6.45) is 1.39. The van der Waals surface area contributed by atoms with Crippen molar-refractivity contribution < 1.29 is 28.3 Å². The topological polar surface area (TPSA) is 124 Å². The zero-order valence-corrected chi connectivity index (χ0v) is 18.2. The maximum absolute atomic E-state index is 12.6. The van der Waals surface area contributed by atoms with Crippen LogP contribution >= 0.6 is 0 Å². The fourth-order valence-electron chi connectivity index (χ4n) is 2.80. The zero-order valence-electron chi connectivity index (χ0n) is 18.2. The highest BCUT2D eigenvalue weighted by Gasteiger charge is 2.16. The second-order valence-corrected chi connectivity index (χ2v) is 6.71. The Morgan fingerprint density at radius 3 is 2.67 bits per heavy atom. The van der Waals surface area contributed by atoms with Crippen LogP contribution in [0.15, 0.2) is 58.6 Å². The molecular weight excluding hydrogens is 426 g/mol. The van der Waals surface area contributed by atoms with Crippen LogP contribution in [0.1, 0.15) is 28.6 Å². The summed E-state index contributed by atoms with van der Waals surface area (Å²) in [7, 11) is 1.51. The van der Waals surface area contributed by atoms with Crippen LogP contribution in [0.5, 0.6) is 17.2 Å². The second kappa shape index (κ2) is 10.6. The molecule has 3 aromatic rings. The Balaban J connectivity index is 1.82. The fraction of sp³-hybridized carbons (Fsp3) is 0.167. The Kier molecular flexibility index (Phi) is 7.44. The number of nitrogens with zero attached hydrogens (tertiary/aromatic N) is 2. The van der Waals surface area contributed by atoms with Gasteiger partial charge in [0.2, 0.25) is 0 Å². The minimum atomic E-state index is -0.641. The first-order valence-electron chi connectivity index (χ1n) is 9.93. The molecule has 0 spiro atoms. The highest BCUT2D eigenvalue weighted by Crippen LogP contribution is 2.30. The van der Waals surface area contributed by atoms with Crippen LogP contribution in [0.25, 0.3) is 6.08 Å². The van der Waals surface area contributed by atoms with E-state index >= 15 is 0 Å². The number of carbonyl (C=O) groups is 2. The number of benzene rings is 2. The van der Waals surface area contributed by atoms with E-state index in [1.807, 2.05) is 6.07 Å². The molecule has 1 aromatic heterocycles. The smallest absolute Gasteiger partial charge is 0.343 e. The van der Waals surface area contributed by atoms with Gasteiger partial charge >= 0.3 is 5.97 Å². The summed E-state index contributed by atoms with van der Waals surface area (Å²) < 4.78 is 21.1. The average Bonchev–Trinajstić information content (AvgIpc) is 3.23. The van der Waals surface area contributed by atoms with Gasteiger partial charge in [-0.2, -0.15) is 5.26 Å². The standard InChI is InChI=1S/C24H21N3O6/c1-4-31-21-12-16(11-18(14-25)23(28)26-22-10-15(2)33-27-22)8-9-20(21)32-24(29)17-6-5-7-19(13-17)30-3/h5-13H,4H2,1-3H3,(H,26,27,28). The van der Waals surface area contributed by atoms with Crippen molar-refractivity contribution in [2.75, 3.05) is 19.0 Å². The molecule has 1 amide bonds. The average molecular weight is 447 g/mol. The fourth-order valence-corrected chi connectivity index (χ4v) is 2.80. The van der Waals surface area contributed by atoms with Gasteiger partial charge in [-0.3, -0.25) is 4.79 Å². The van der Waals surface area contributed by atoms with E-state index in [-0.39, 0.29) is 22.9 Å². The van der Waals surface area contributed by atoms with Gasteiger partial charge in [0.15, 0.2) is 17.3 Å². The van der Waals surface area contributed by atoms with Crippen molar-refractivity contribution in [2.24, 2.45) is 0 Å². The third kappa shape index (κ3) is 5.98. The highest BCUT2D eigenvalue weighted by atomic mass is 16.6. The molecule has 3 rings (SSSR count). The van der Waals surface area contributed by atoms with E-state index in [4.69, 9.17) is 18.7 Å². The summed E-state index contributed by atoms with van der Waals surface area (Å²) in [5.41, 5.74) is 0.661. The predicted octanol–water partition coefficient (Wildman–Crippen LogP) is 4.16. The summed E-state index contributed by atoms with van der Waals surface area (Å²) in [5.74, 6) is 0.505. The van der Waals surface area contributed by atoms with Crippen molar-refractivity contribution in [3.8, 4) is 23.3 Å². The molecule has 1 N–H and O–H groups in total. The zero-order chi connectivity index (χ0) is 23.8. The van der Waals surface area contributed by atoms with E-state index in [0.717, 1.165) is 0 Å². The largest absolute Gasteiger partial charge is 0.497 e. The first-order valence-corrected chi connectivity index (χ1v) is 9.93. The van der Waals surface area contributed by atoms with Crippen LogP contribution in [-0.4, -0.2) is 30.7 Å². The van der Waals surface area contributed by atoms with Gasteiger partial charge in [-0.25, -0.2) is 4.79 Å². The van der Waals surface area contributed by atoms with Crippen molar-refractivity contribution in [2.45, 2.75) is 13.8 Å². The van der Waals surface area contributed by atoms with E-state index in [2.05, 4.69) is 10.5 Å². The summed E-state index contributed by atoms with van der Waals surface area (Å²) in [5, 5.41) is 15.6. The van der Waals surface area contributed by atoms with Crippen molar-refractivity contribution >= 4 is 23.8 Å². The molecule has 0 aliphatic rings. The minimum Gasteiger partial charge on any atom is -0.497 e. The summed E-state index contributed by atoms with van der Waals surface area (Å²) in [6, 6.07) is 14.7. The van der Waals surface area contributed by atoms with E-state index in [1.54, 1.807) is 50.2 Å². The summed E-state index contributed by atoms with van der Waals surface area (Å²) >= 11 is 0. The number of amides is 1. The molecule has 33 heavy (non-hydrogen) atoms. The molecule has 168 valence electrons. The van der Waals surface area contributed by atoms with E-state index in [9.17, 15) is 14.9 Å². The molecular formula is C24H21N3O6. The van der Waals surface area contributed by atoms with Crippen molar-refractivity contribution in [3.63, 3.8) is 0 Å². The third-order valence-corrected chi connectivity index (χ3v) is 4.32. The Labute approximate surface area is 190 Å². The van der Waals surface area contributed by atoms with Gasteiger partial charge < -0.3 is 24.1 Å². The van der Waals surface area contributed by atoms with Gasteiger partial charge in [0, 0.05) is 6.07 Å². The number of rotatable bonds is 8. The molecule has 0 aliphatic heterocycles. The molecule has 0 saturated carbocycles. The molecule has 0 bridgehead atoms. The number of nitrogens with one attached hydrogen (secondary N) is 1. The third-order valence-electron chi connectivity index (χ3n) is 4.32. The second-order valence-electron chi connectivity index (χ2n) is 6.71. The van der Waals surface area contributed by atoms with Gasteiger partial charge in [0.25, 0.3) is 5.91 Å². The molecule has 0 saturated heterocycles. The van der Waals surface area contributed by atoms with E-state index < -0.39 is 11.9 Å². The Morgan fingerprint density at radius 2 is 2.00 bits per heavy atom. The lowest BCUT2D eigenvalue weighted by atomic mass is 10.1. The predicted molar refractivity (Wildman–Crippen MR) is 119 cm³/mol. The number of methoxy groups -OCH3 is 1. The SMILES string of the molecule is CCOc1cc(C=C(C#N)C(=O)Nc2cc(C)on2)ccc1OC(=O)c1cccc(OC)c1. The van der Waals surface area contributed by atoms with Gasteiger partial charge in [0.05, 0.1) is 19.3 Å². The highest BCUT2D eigenvalue weighted by molar-refractivity contribution is 6.09. The number of ether oxygens (including phenoxy) is 3. The number of anilines is 1. The van der Waals surface area contributed by atoms with Crippen LogP contribution < -0.4 is 19.5 Å². The monoisotopic (exact) mass is 447 g/mol. The minimum absolute atomic E-state index is 0.153. The first kappa shape index (κ1) is 23.1. The Morgan fingerprint density at radius 1 is 1.18 bits per heavy atom. The van der Waals surface area contributed by atoms with E-state index in [0.29, 0.717) is 29.2 Å². The maximum atomic E-state index is 12.6. The van der Waals surface area contributed by atoms with Crippen LogP contribution in [0.2, 0.25) is 0 Å². The molecule has 2 aromatic carbocycles. The van der Waals surface area contributed by atoms with Crippen molar-refractivity contribution in [1.29, 1.82) is 5.26 Å². The van der Waals surface area contributed by atoms with Gasteiger partial charge in [-0.15, -0.1) is 0 Å². The summed E-state index contributed by atoms with van der Waals surface area (Å²) in [6.45, 7) is 3.78. The van der Waals surface area contributed by atoms with E-state index in [1.165, 1.54) is 25.3 Å². The number of carbonyl (C=O) groups excluding carboxylic acids is 2. The molecule has 9 heteroatoms.